The zero-order chi connectivity index (χ0) is 41.9. The van der Waals surface area contributed by atoms with E-state index in [-0.39, 0.29) is 0 Å². The van der Waals surface area contributed by atoms with Gasteiger partial charge in [0.15, 0.2) is 0 Å². The number of hydrogen-bond donors (Lipinski definition) is 0. The molecule has 0 fully saturated rings. The van der Waals surface area contributed by atoms with E-state index in [0.717, 1.165) is 67.3 Å². The number of aromatic nitrogens is 1. The van der Waals surface area contributed by atoms with Gasteiger partial charge in [-0.2, -0.15) is 0 Å². The monoisotopic (exact) mass is 822 g/mol. The molecule has 11 aromatic rings. The lowest BCUT2D eigenvalue weighted by molar-refractivity contribution is 1.18. The van der Waals surface area contributed by atoms with Crippen molar-refractivity contribution in [2.75, 3.05) is 4.90 Å². The molecule has 0 unspecified atom stereocenters. The van der Waals surface area contributed by atoms with E-state index in [0.29, 0.717) is 5.02 Å². The summed E-state index contributed by atoms with van der Waals surface area (Å²) in [4.78, 5) is 2.40. The van der Waals surface area contributed by atoms with Gasteiger partial charge in [-0.3, -0.25) is 0 Å². The first-order chi connectivity index (χ1) is 31.2. The fourth-order valence-electron chi connectivity index (χ4n) is 9.70. The smallest absolute Gasteiger partial charge is 0.0648 e. The van der Waals surface area contributed by atoms with E-state index in [9.17, 15) is 0 Å². The summed E-state index contributed by atoms with van der Waals surface area (Å²) in [5.41, 5.74) is 20.5. The van der Waals surface area contributed by atoms with Gasteiger partial charge in [0, 0.05) is 33.2 Å². The van der Waals surface area contributed by atoms with Gasteiger partial charge in [-0.25, -0.2) is 0 Å². The number of benzene rings is 10. The van der Waals surface area contributed by atoms with Crippen molar-refractivity contribution < 1.29 is 0 Å². The van der Waals surface area contributed by atoms with Crippen molar-refractivity contribution >= 4 is 50.5 Å². The highest BCUT2D eigenvalue weighted by Gasteiger charge is 2.30. The van der Waals surface area contributed by atoms with Crippen LogP contribution in [0.2, 0.25) is 5.02 Å². The third-order valence-electron chi connectivity index (χ3n) is 12.6. The Kier molecular flexibility index (Phi) is 8.91. The molecular formula is C60H39ClN2. The molecule has 0 atom stereocenters. The van der Waals surface area contributed by atoms with E-state index in [1.54, 1.807) is 0 Å². The molecule has 296 valence electrons. The maximum Gasteiger partial charge on any atom is 0.0648 e. The van der Waals surface area contributed by atoms with Gasteiger partial charge < -0.3 is 9.47 Å². The quantitative estimate of drug-likeness (QED) is 0.162. The van der Waals surface area contributed by atoms with Crippen LogP contribution in [0.1, 0.15) is 0 Å². The lowest BCUT2D eigenvalue weighted by atomic mass is 9.89. The summed E-state index contributed by atoms with van der Waals surface area (Å²) in [6, 6.07) is 85.4. The Morgan fingerprint density at radius 2 is 0.825 bits per heavy atom. The minimum Gasteiger partial charge on any atom is -0.309 e. The first kappa shape index (κ1) is 36.9. The summed E-state index contributed by atoms with van der Waals surface area (Å²) in [6.07, 6.45) is 0. The minimum absolute atomic E-state index is 0.683. The third kappa shape index (κ3) is 6.26. The van der Waals surface area contributed by atoms with Crippen LogP contribution in [0.5, 0.6) is 0 Å². The van der Waals surface area contributed by atoms with Gasteiger partial charge in [0.25, 0.3) is 0 Å². The highest BCUT2D eigenvalue weighted by molar-refractivity contribution is 6.34. The van der Waals surface area contributed by atoms with E-state index >= 15 is 0 Å². The molecule has 0 bridgehead atoms. The first-order valence-corrected chi connectivity index (χ1v) is 21.8. The molecule has 2 heterocycles. The zero-order valence-electron chi connectivity index (χ0n) is 34.3. The molecule has 0 aliphatic carbocycles. The van der Waals surface area contributed by atoms with Crippen molar-refractivity contribution in [3.63, 3.8) is 0 Å². The van der Waals surface area contributed by atoms with Crippen LogP contribution < -0.4 is 4.90 Å². The van der Waals surface area contributed by atoms with Crippen LogP contribution in [0.25, 0.3) is 94.3 Å². The number of rotatable bonds is 6. The molecule has 2 nitrogen and oxygen atoms in total. The molecule has 1 aromatic heterocycles. The van der Waals surface area contributed by atoms with Crippen LogP contribution in [0.3, 0.4) is 0 Å². The Balaban J connectivity index is 1.10. The van der Waals surface area contributed by atoms with Crippen LogP contribution >= 0.6 is 11.6 Å². The molecule has 3 heteroatoms. The highest BCUT2D eigenvalue weighted by atomic mass is 35.5. The SMILES string of the molecule is Clc1ccccc1N1c2ccc(-c3ccc4c(c3)c3ccccc3n4-c3ccccc3)cc2-c2ccccc2-c2cccc(-c3cc(-c4ccccc4)cc(-c4ccccc4)c3)c21. The minimum atomic E-state index is 0.683. The molecule has 0 N–H and O–H groups in total. The predicted molar refractivity (Wildman–Crippen MR) is 267 cm³/mol. The number of fused-ring (bicyclic) bond motifs is 8. The fraction of sp³-hybridized carbons (Fsp3) is 0. The molecule has 0 amide bonds. The summed E-state index contributed by atoms with van der Waals surface area (Å²) in [5.74, 6) is 0. The van der Waals surface area contributed by atoms with E-state index in [4.69, 9.17) is 11.6 Å². The van der Waals surface area contributed by atoms with Gasteiger partial charge in [-0.1, -0.05) is 175 Å². The van der Waals surface area contributed by atoms with Gasteiger partial charge in [-0.15, -0.1) is 0 Å². The van der Waals surface area contributed by atoms with Crippen LogP contribution in [0.4, 0.5) is 17.1 Å². The second-order valence-corrected chi connectivity index (χ2v) is 16.6. The van der Waals surface area contributed by atoms with Gasteiger partial charge >= 0.3 is 0 Å². The predicted octanol–water partition coefficient (Wildman–Crippen LogP) is 17.2. The molecule has 0 spiro atoms. The largest absolute Gasteiger partial charge is 0.309 e. The Hall–Kier alpha value is -7.91. The molecule has 12 rings (SSSR count). The standard InChI is InChI=1S/C60H39ClN2/c61-55-28-13-15-30-59(55)63-58-34-32-42(43-31-33-57-54(39-43)51-25-12-14-29-56(51)62(57)47-21-8-3-9-22-47)38-53(58)50-24-11-10-23-49(50)52-27-16-26-48(60(52)63)46-36-44(40-17-4-1-5-18-40)35-45(37-46)41-19-6-2-7-20-41/h1-39H. The molecule has 0 saturated heterocycles. The molecule has 0 saturated carbocycles. The van der Waals surface area contributed by atoms with Crippen molar-refractivity contribution in [3.8, 4) is 72.4 Å². The average molecular weight is 823 g/mol. The maximum absolute atomic E-state index is 7.30. The topological polar surface area (TPSA) is 8.17 Å². The van der Waals surface area contributed by atoms with E-state index in [2.05, 4.69) is 234 Å². The van der Waals surface area contributed by atoms with Gasteiger partial charge in [0.1, 0.15) is 0 Å². The second kappa shape index (κ2) is 15.2. The summed E-state index contributed by atoms with van der Waals surface area (Å²) in [6.45, 7) is 0. The van der Waals surface area contributed by atoms with Crippen LogP contribution in [-0.4, -0.2) is 4.57 Å². The normalized spacial score (nSPS) is 11.9. The summed E-state index contributed by atoms with van der Waals surface area (Å²) in [7, 11) is 0. The van der Waals surface area contributed by atoms with Gasteiger partial charge in [0.05, 0.1) is 33.1 Å². The molecule has 63 heavy (non-hydrogen) atoms. The van der Waals surface area contributed by atoms with E-state index < -0.39 is 0 Å². The summed E-state index contributed by atoms with van der Waals surface area (Å²) >= 11 is 7.30. The summed E-state index contributed by atoms with van der Waals surface area (Å²) < 4.78 is 2.37. The third-order valence-corrected chi connectivity index (χ3v) is 12.9. The number of para-hydroxylation sites is 4. The molecular weight excluding hydrogens is 784 g/mol. The Labute approximate surface area is 372 Å². The van der Waals surface area contributed by atoms with Crippen molar-refractivity contribution in [1.82, 2.24) is 4.57 Å². The number of nitrogens with zero attached hydrogens (tertiary/aromatic N) is 2. The molecule has 10 aromatic carbocycles. The Bertz CT molecular complexity index is 3460. The maximum atomic E-state index is 7.30. The fourth-order valence-corrected chi connectivity index (χ4v) is 9.92. The Morgan fingerprint density at radius 1 is 0.286 bits per heavy atom. The lowest BCUT2D eigenvalue weighted by Gasteiger charge is -2.30. The number of hydrogen-bond acceptors (Lipinski definition) is 1. The van der Waals surface area contributed by atoms with E-state index in [1.807, 2.05) is 12.1 Å². The van der Waals surface area contributed by atoms with Crippen molar-refractivity contribution in [3.05, 3.63) is 242 Å². The van der Waals surface area contributed by atoms with Crippen molar-refractivity contribution in [2.45, 2.75) is 0 Å². The van der Waals surface area contributed by atoms with Gasteiger partial charge in [0.2, 0.25) is 0 Å². The number of anilines is 3. The van der Waals surface area contributed by atoms with E-state index in [1.165, 1.54) is 44.1 Å². The van der Waals surface area contributed by atoms with Crippen molar-refractivity contribution in [2.24, 2.45) is 0 Å². The average Bonchev–Trinajstić information content (AvgIpc) is 3.63. The first-order valence-electron chi connectivity index (χ1n) is 21.4. The lowest BCUT2D eigenvalue weighted by Crippen LogP contribution is -2.13. The zero-order valence-corrected chi connectivity index (χ0v) is 35.0. The summed E-state index contributed by atoms with van der Waals surface area (Å²) in [5, 5.41) is 3.14. The van der Waals surface area contributed by atoms with Crippen LogP contribution in [0, 0.1) is 0 Å². The Morgan fingerprint density at radius 3 is 1.56 bits per heavy atom. The molecule has 0 radical (unpaired) electrons. The second-order valence-electron chi connectivity index (χ2n) is 16.2. The van der Waals surface area contributed by atoms with Crippen LogP contribution in [0.15, 0.2) is 237 Å². The molecule has 1 aliphatic heterocycles. The van der Waals surface area contributed by atoms with Gasteiger partial charge in [-0.05, 0) is 123 Å². The van der Waals surface area contributed by atoms with Crippen LogP contribution in [-0.2, 0) is 0 Å². The molecule has 1 aliphatic rings. The van der Waals surface area contributed by atoms with Crippen molar-refractivity contribution in [1.29, 1.82) is 0 Å². The number of halogens is 1. The highest BCUT2D eigenvalue weighted by Crippen LogP contribution is 2.56.